The summed E-state index contributed by atoms with van der Waals surface area (Å²) in [5.41, 5.74) is 6.80. The van der Waals surface area contributed by atoms with E-state index in [1.165, 1.54) is 0 Å². The number of aromatic nitrogens is 1. The fraction of sp³-hybridized carbons (Fsp3) is 0.100. The fourth-order valence-corrected chi connectivity index (χ4v) is 1.51. The normalized spacial score (nSPS) is 10.3. The summed E-state index contributed by atoms with van der Waals surface area (Å²) in [5, 5.41) is 4.32. The first kappa shape index (κ1) is 9.86. The number of methoxy groups -OCH3 is 1. The molecule has 0 radical (unpaired) electrons. The molecule has 0 aliphatic heterocycles. The van der Waals surface area contributed by atoms with Crippen LogP contribution in [-0.2, 0) is 0 Å². The largest absolute Gasteiger partial charge is 0.497 e. The van der Waals surface area contributed by atoms with Gasteiger partial charge in [0.25, 0.3) is 0 Å². The van der Waals surface area contributed by atoms with Crippen molar-refractivity contribution >= 4 is 17.5 Å². The maximum absolute atomic E-state index is 6.05. The van der Waals surface area contributed by atoms with Crippen molar-refractivity contribution in [2.24, 2.45) is 0 Å². The molecule has 2 rings (SSSR count). The maximum Gasteiger partial charge on any atom is 0.222 e. The second kappa shape index (κ2) is 3.82. The minimum absolute atomic E-state index is 0.261. The molecular weight excluding hydrogens is 216 g/mol. The van der Waals surface area contributed by atoms with Gasteiger partial charge >= 0.3 is 0 Å². The van der Waals surface area contributed by atoms with Gasteiger partial charge in [-0.1, -0.05) is 16.8 Å². The van der Waals surface area contributed by atoms with Gasteiger partial charge in [0, 0.05) is 11.6 Å². The highest BCUT2D eigenvalue weighted by atomic mass is 35.5. The van der Waals surface area contributed by atoms with Crippen LogP contribution in [0.4, 0.5) is 5.88 Å². The number of benzene rings is 1. The van der Waals surface area contributed by atoms with Crippen LogP contribution in [0, 0.1) is 0 Å². The van der Waals surface area contributed by atoms with E-state index in [9.17, 15) is 0 Å². The molecule has 0 unspecified atom stereocenters. The highest BCUT2D eigenvalue weighted by molar-refractivity contribution is 6.33. The summed E-state index contributed by atoms with van der Waals surface area (Å²) in [6, 6.07) is 6.93. The van der Waals surface area contributed by atoms with Gasteiger partial charge in [0.2, 0.25) is 5.88 Å². The number of anilines is 1. The number of nitrogens with zero attached hydrogens (tertiary/aromatic N) is 1. The Morgan fingerprint density at radius 2 is 2.20 bits per heavy atom. The van der Waals surface area contributed by atoms with Gasteiger partial charge in [0.15, 0.2) is 0 Å². The summed E-state index contributed by atoms with van der Waals surface area (Å²) in [7, 11) is 1.58. The van der Waals surface area contributed by atoms with E-state index >= 15 is 0 Å². The van der Waals surface area contributed by atoms with Crippen molar-refractivity contribution in [3.63, 3.8) is 0 Å². The summed E-state index contributed by atoms with van der Waals surface area (Å²) in [5.74, 6) is 0.956. The average Bonchev–Trinajstić information content (AvgIpc) is 2.64. The van der Waals surface area contributed by atoms with Gasteiger partial charge < -0.3 is 15.0 Å². The molecule has 78 valence electrons. The maximum atomic E-state index is 6.05. The second-order valence-corrected chi connectivity index (χ2v) is 3.37. The van der Waals surface area contributed by atoms with Gasteiger partial charge in [-0.25, -0.2) is 0 Å². The summed E-state index contributed by atoms with van der Waals surface area (Å²) in [6.07, 6.45) is 0. The third kappa shape index (κ3) is 1.89. The molecule has 2 N–H and O–H groups in total. The zero-order valence-corrected chi connectivity index (χ0v) is 8.78. The Kier molecular flexibility index (Phi) is 2.51. The number of nitrogens with two attached hydrogens (primary N) is 1. The van der Waals surface area contributed by atoms with E-state index in [4.69, 9.17) is 26.6 Å². The Bertz CT molecular complexity index is 482. The third-order valence-electron chi connectivity index (χ3n) is 1.98. The lowest BCUT2D eigenvalue weighted by Gasteiger charge is -2.03. The molecule has 0 aliphatic carbocycles. The quantitative estimate of drug-likeness (QED) is 0.852. The zero-order chi connectivity index (χ0) is 10.8. The predicted octanol–water partition coefficient (Wildman–Crippen LogP) is 2.59. The van der Waals surface area contributed by atoms with Gasteiger partial charge in [-0.3, -0.25) is 0 Å². The molecule has 0 saturated heterocycles. The van der Waals surface area contributed by atoms with E-state index in [0.717, 1.165) is 5.56 Å². The zero-order valence-electron chi connectivity index (χ0n) is 8.03. The van der Waals surface area contributed by atoms with E-state index in [-0.39, 0.29) is 5.88 Å². The van der Waals surface area contributed by atoms with Crippen molar-refractivity contribution in [2.45, 2.75) is 0 Å². The highest BCUT2D eigenvalue weighted by Gasteiger charge is 2.09. The Labute approximate surface area is 91.6 Å². The highest BCUT2D eigenvalue weighted by Crippen LogP contribution is 2.30. The monoisotopic (exact) mass is 224 g/mol. The summed E-state index contributed by atoms with van der Waals surface area (Å²) in [6.45, 7) is 0. The van der Waals surface area contributed by atoms with Crippen LogP contribution < -0.4 is 10.5 Å². The summed E-state index contributed by atoms with van der Waals surface area (Å²) < 4.78 is 9.81. The second-order valence-electron chi connectivity index (χ2n) is 2.96. The minimum Gasteiger partial charge on any atom is -0.497 e. The number of halogens is 1. The van der Waals surface area contributed by atoms with Gasteiger partial charge in [-0.2, -0.15) is 0 Å². The number of hydrogen-bond donors (Lipinski definition) is 1. The average molecular weight is 225 g/mol. The molecule has 1 aromatic carbocycles. The standard InChI is InChI=1S/C10H9ClN2O2/c1-14-6-2-3-7(8(11)4-6)9-5-10(12)15-13-9/h2-5H,12H2,1H3. The molecule has 0 aliphatic rings. The molecule has 2 aromatic rings. The van der Waals surface area contributed by atoms with Gasteiger partial charge in [0.05, 0.1) is 12.1 Å². The molecule has 0 spiro atoms. The van der Waals surface area contributed by atoms with Crippen LogP contribution in [0.5, 0.6) is 5.75 Å². The Balaban J connectivity index is 2.45. The molecule has 0 atom stereocenters. The smallest absolute Gasteiger partial charge is 0.222 e. The Hall–Kier alpha value is -1.68. The van der Waals surface area contributed by atoms with Crippen molar-refractivity contribution in [3.8, 4) is 17.0 Å². The van der Waals surface area contributed by atoms with E-state index in [0.29, 0.717) is 16.5 Å². The van der Waals surface area contributed by atoms with Crippen LogP contribution >= 0.6 is 11.6 Å². The van der Waals surface area contributed by atoms with Crippen molar-refractivity contribution in [2.75, 3.05) is 12.8 Å². The number of rotatable bonds is 2. The molecule has 1 aromatic heterocycles. The first-order valence-electron chi connectivity index (χ1n) is 4.27. The van der Waals surface area contributed by atoms with E-state index < -0.39 is 0 Å². The lowest BCUT2D eigenvalue weighted by molar-refractivity contribution is 0.415. The molecule has 0 saturated carbocycles. The number of ether oxygens (including phenoxy) is 1. The van der Waals surface area contributed by atoms with Crippen LogP contribution in [0.25, 0.3) is 11.3 Å². The lowest BCUT2D eigenvalue weighted by atomic mass is 10.1. The van der Waals surface area contributed by atoms with Gasteiger partial charge in [-0.05, 0) is 18.2 Å². The molecule has 4 nitrogen and oxygen atoms in total. The molecule has 1 heterocycles. The van der Waals surface area contributed by atoms with E-state index in [1.807, 2.05) is 0 Å². The summed E-state index contributed by atoms with van der Waals surface area (Å²) >= 11 is 6.05. The van der Waals surface area contributed by atoms with Crippen LogP contribution in [0.1, 0.15) is 0 Å². The molecule has 0 amide bonds. The first-order valence-corrected chi connectivity index (χ1v) is 4.64. The van der Waals surface area contributed by atoms with Crippen molar-refractivity contribution < 1.29 is 9.26 Å². The van der Waals surface area contributed by atoms with Crippen molar-refractivity contribution in [1.29, 1.82) is 0 Å². The Morgan fingerprint density at radius 1 is 1.40 bits per heavy atom. The van der Waals surface area contributed by atoms with E-state index in [2.05, 4.69) is 5.16 Å². The molecule has 0 fully saturated rings. The van der Waals surface area contributed by atoms with Crippen molar-refractivity contribution in [1.82, 2.24) is 5.16 Å². The topological polar surface area (TPSA) is 61.3 Å². The number of nitrogen functional groups attached to an aromatic ring is 1. The third-order valence-corrected chi connectivity index (χ3v) is 2.29. The molecule has 0 bridgehead atoms. The molecular formula is C10H9ClN2O2. The van der Waals surface area contributed by atoms with Gasteiger partial charge in [-0.15, -0.1) is 0 Å². The fourth-order valence-electron chi connectivity index (χ4n) is 1.25. The van der Waals surface area contributed by atoms with Crippen LogP contribution in [0.15, 0.2) is 28.8 Å². The van der Waals surface area contributed by atoms with Crippen molar-refractivity contribution in [3.05, 3.63) is 29.3 Å². The minimum atomic E-state index is 0.261. The SMILES string of the molecule is COc1ccc(-c2cc(N)on2)c(Cl)c1. The molecule has 15 heavy (non-hydrogen) atoms. The Morgan fingerprint density at radius 3 is 2.73 bits per heavy atom. The van der Waals surface area contributed by atoms with Crippen LogP contribution in [0.3, 0.4) is 0 Å². The first-order chi connectivity index (χ1) is 7.20. The van der Waals surface area contributed by atoms with E-state index in [1.54, 1.807) is 31.4 Å². The predicted molar refractivity (Wildman–Crippen MR) is 57.9 cm³/mol. The van der Waals surface area contributed by atoms with Crippen LogP contribution in [0.2, 0.25) is 5.02 Å². The van der Waals surface area contributed by atoms with Gasteiger partial charge in [0.1, 0.15) is 11.4 Å². The number of hydrogen-bond acceptors (Lipinski definition) is 4. The summed E-state index contributed by atoms with van der Waals surface area (Å²) in [4.78, 5) is 0. The van der Waals surface area contributed by atoms with Crippen LogP contribution in [-0.4, -0.2) is 12.3 Å². The lowest BCUT2D eigenvalue weighted by Crippen LogP contribution is -1.84. The molecule has 5 heteroatoms.